The van der Waals surface area contributed by atoms with E-state index in [1.54, 1.807) is 0 Å². The summed E-state index contributed by atoms with van der Waals surface area (Å²) in [4.78, 5) is 0. The van der Waals surface area contributed by atoms with E-state index in [0.29, 0.717) is 0 Å². The van der Waals surface area contributed by atoms with Gasteiger partial charge in [-0.1, -0.05) is 72.3 Å². The summed E-state index contributed by atoms with van der Waals surface area (Å²) in [5, 5.41) is 0. The summed E-state index contributed by atoms with van der Waals surface area (Å²) in [6.07, 6.45) is 4.08. The lowest BCUT2D eigenvalue weighted by atomic mass is 9.91. The lowest BCUT2D eigenvalue weighted by molar-refractivity contribution is 1.46. The number of hydrogen-bond acceptors (Lipinski definition) is 1. The van der Waals surface area contributed by atoms with Crippen molar-refractivity contribution in [3.05, 3.63) is 83.9 Å². The molecule has 23 heavy (non-hydrogen) atoms. The van der Waals surface area contributed by atoms with Crippen LogP contribution in [0.25, 0.3) is 28.3 Å². The van der Waals surface area contributed by atoms with Crippen LogP contribution in [-0.2, 0) is 0 Å². The number of rotatable bonds is 3. The van der Waals surface area contributed by atoms with E-state index in [2.05, 4.69) is 73.7 Å². The first-order valence-corrected chi connectivity index (χ1v) is 7.87. The highest BCUT2D eigenvalue weighted by Gasteiger charge is 2.10. The van der Waals surface area contributed by atoms with Gasteiger partial charge in [-0.25, -0.2) is 0 Å². The van der Waals surface area contributed by atoms with Gasteiger partial charge in [-0.15, -0.1) is 0 Å². The Balaban J connectivity index is 2.25. The number of nitrogens with two attached hydrogens (primary N) is 1. The molecular formula is C22H21N. The SMILES string of the molecule is C/C=C\c1cc(-c2ccc(C)cc2)c(-c2ccccc2)cc1N. The summed E-state index contributed by atoms with van der Waals surface area (Å²) in [7, 11) is 0. The van der Waals surface area contributed by atoms with Gasteiger partial charge in [-0.3, -0.25) is 0 Å². The van der Waals surface area contributed by atoms with Crippen molar-refractivity contribution in [2.45, 2.75) is 13.8 Å². The van der Waals surface area contributed by atoms with Gasteiger partial charge in [0.05, 0.1) is 0 Å². The summed E-state index contributed by atoms with van der Waals surface area (Å²) in [5.74, 6) is 0. The maximum atomic E-state index is 6.26. The maximum Gasteiger partial charge on any atom is 0.0394 e. The molecule has 0 spiro atoms. The Labute approximate surface area is 138 Å². The Bertz CT molecular complexity index is 828. The first-order valence-electron chi connectivity index (χ1n) is 7.87. The fourth-order valence-electron chi connectivity index (χ4n) is 2.79. The molecule has 0 heterocycles. The predicted octanol–water partition coefficient (Wildman–Crippen LogP) is 5.94. The molecule has 0 radical (unpaired) electrons. The van der Waals surface area contributed by atoms with Crippen molar-refractivity contribution in [3.8, 4) is 22.3 Å². The van der Waals surface area contributed by atoms with Gasteiger partial charge in [-0.2, -0.15) is 0 Å². The fraction of sp³-hybridized carbons (Fsp3) is 0.0909. The van der Waals surface area contributed by atoms with E-state index in [1.807, 2.05) is 19.1 Å². The molecule has 1 heteroatoms. The van der Waals surface area contributed by atoms with Gasteiger partial charge in [0, 0.05) is 5.69 Å². The Hall–Kier alpha value is -2.80. The molecule has 3 aromatic rings. The second-order valence-electron chi connectivity index (χ2n) is 5.76. The Morgan fingerprint density at radius 1 is 0.783 bits per heavy atom. The Kier molecular flexibility index (Phi) is 4.29. The van der Waals surface area contributed by atoms with Crippen LogP contribution in [0.2, 0.25) is 0 Å². The van der Waals surface area contributed by atoms with Crippen molar-refractivity contribution in [3.63, 3.8) is 0 Å². The van der Waals surface area contributed by atoms with Crippen LogP contribution < -0.4 is 5.73 Å². The minimum atomic E-state index is 0.804. The monoisotopic (exact) mass is 299 g/mol. The van der Waals surface area contributed by atoms with Gasteiger partial charge in [0.15, 0.2) is 0 Å². The first kappa shape index (κ1) is 15.1. The van der Waals surface area contributed by atoms with E-state index in [0.717, 1.165) is 11.3 Å². The van der Waals surface area contributed by atoms with Crippen LogP contribution in [-0.4, -0.2) is 0 Å². The van der Waals surface area contributed by atoms with Crippen LogP contribution in [0.5, 0.6) is 0 Å². The normalized spacial score (nSPS) is 11.0. The van der Waals surface area contributed by atoms with E-state index in [9.17, 15) is 0 Å². The molecule has 0 aliphatic rings. The summed E-state index contributed by atoms with van der Waals surface area (Å²) in [6.45, 7) is 4.12. The van der Waals surface area contributed by atoms with Crippen LogP contribution >= 0.6 is 0 Å². The standard InChI is InChI=1S/C22H21N/c1-3-7-19-14-20(18-12-10-16(2)11-13-18)21(15-22(19)23)17-8-5-4-6-9-17/h3-15H,23H2,1-2H3/b7-3-. The van der Waals surface area contributed by atoms with E-state index in [-0.39, 0.29) is 0 Å². The summed E-state index contributed by atoms with van der Waals surface area (Å²) < 4.78 is 0. The van der Waals surface area contributed by atoms with E-state index in [1.165, 1.54) is 27.8 Å². The topological polar surface area (TPSA) is 26.0 Å². The second-order valence-corrected chi connectivity index (χ2v) is 5.76. The molecular weight excluding hydrogens is 278 g/mol. The molecule has 0 aliphatic heterocycles. The zero-order valence-electron chi connectivity index (χ0n) is 13.6. The van der Waals surface area contributed by atoms with E-state index in [4.69, 9.17) is 5.73 Å². The van der Waals surface area contributed by atoms with E-state index < -0.39 is 0 Å². The van der Waals surface area contributed by atoms with Crippen molar-refractivity contribution in [2.75, 3.05) is 5.73 Å². The number of aryl methyl sites for hydroxylation is 1. The molecule has 0 amide bonds. The molecule has 0 saturated carbocycles. The zero-order chi connectivity index (χ0) is 16.2. The molecule has 0 saturated heterocycles. The number of benzene rings is 3. The van der Waals surface area contributed by atoms with E-state index >= 15 is 0 Å². The molecule has 2 N–H and O–H groups in total. The quantitative estimate of drug-likeness (QED) is 0.595. The van der Waals surface area contributed by atoms with Crippen molar-refractivity contribution in [1.29, 1.82) is 0 Å². The smallest absolute Gasteiger partial charge is 0.0394 e. The summed E-state index contributed by atoms with van der Waals surface area (Å²) >= 11 is 0. The molecule has 1 nitrogen and oxygen atoms in total. The van der Waals surface area contributed by atoms with Crippen molar-refractivity contribution in [1.82, 2.24) is 0 Å². The van der Waals surface area contributed by atoms with Gasteiger partial charge in [-0.05, 0) is 53.8 Å². The zero-order valence-corrected chi connectivity index (χ0v) is 13.6. The van der Waals surface area contributed by atoms with Crippen molar-refractivity contribution in [2.24, 2.45) is 0 Å². The van der Waals surface area contributed by atoms with Crippen LogP contribution in [0.15, 0.2) is 72.8 Å². The minimum absolute atomic E-state index is 0.804. The number of nitrogen functional groups attached to an aromatic ring is 1. The molecule has 0 aromatic heterocycles. The minimum Gasteiger partial charge on any atom is -0.398 e. The molecule has 0 atom stereocenters. The van der Waals surface area contributed by atoms with Crippen LogP contribution in [0, 0.1) is 6.92 Å². The first-order chi connectivity index (χ1) is 11.2. The predicted molar refractivity (Wildman–Crippen MR) is 101 cm³/mol. The Morgan fingerprint density at radius 3 is 2.04 bits per heavy atom. The van der Waals surface area contributed by atoms with Gasteiger partial charge >= 0.3 is 0 Å². The third kappa shape index (κ3) is 3.19. The second kappa shape index (κ2) is 6.53. The largest absolute Gasteiger partial charge is 0.398 e. The average Bonchev–Trinajstić information content (AvgIpc) is 2.58. The lowest BCUT2D eigenvalue weighted by Gasteiger charge is -2.14. The van der Waals surface area contributed by atoms with Gasteiger partial charge in [0.1, 0.15) is 0 Å². The molecule has 114 valence electrons. The molecule has 3 aromatic carbocycles. The molecule has 0 bridgehead atoms. The molecule has 3 rings (SSSR count). The Morgan fingerprint density at radius 2 is 1.39 bits per heavy atom. The molecule has 0 unspecified atom stereocenters. The summed E-state index contributed by atoms with van der Waals surface area (Å²) in [6, 6.07) is 23.3. The van der Waals surface area contributed by atoms with Crippen molar-refractivity contribution < 1.29 is 0 Å². The van der Waals surface area contributed by atoms with Crippen molar-refractivity contribution >= 4 is 11.8 Å². The summed E-state index contributed by atoms with van der Waals surface area (Å²) in [5.41, 5.74) is 14.2. The highest BCUT2D eigenvalue weighted by molar-refractivity contribution is 5.88. The fourth-order valence-corrected chi connectivity index (χ4v) is 2.79. The number of allylic oxidation sites excluding steroid dienone is 1. The third-order valence-electron chi connectivity index (χ3n) is 4.02. The van der Waals surface area contributed by atoms with Crippen LogP contribution in [0.4, 0.5) is 5.69 Å². The average molecular weight is 299 g/mol. The van der Waals surface area contributed by atoms with Gasteiger partial charge < -0.3 is 5.73 Å². The number of hydrogen-bond donors (Lipinski definition) is 1. The highest BCUT2D eigenvalue weighted by Crippen LogP contribution is 2.36. The maximum absolute atomic E-state index is 6.26. The number of anilines is 1. The third-order valence-corrected chi connectivity index (χ3v) is 4.02. The molecule has 0 fully saturated rings. The lowest BCUT2D eigenvalue weighted by Crippen LogP contribution is -1.94. The van der Waals surface area contributed by atoms with Gasteiger partial charge in [0.2, 0.25) is 0 Å². The van der Waals surface area contributed by atoms with Crippen LogP contribution in [0.1, 0.15) is 18.1 Å². The van der Waals surface area contributed by atoms with Crippen LogP contribution in [0.3, 0.4) is 0 Å². The van der Waals surface area contributed by atoms with Gasteiger partial charge in [0.25, 0.3) is 0 Å². The highest BCUT2D eigenvalue weighted by atomic mass is 14.6. The molecule has 0 aliphatic carbocycles.